The normalized spacial score (nSPS) is 17.7. The molecule has 1 aliphatic carbocycles. The molecule has 0 saturated heterocycles. The molecule has 0 radical (unpaired) electrons. The highest BCUT2D eigenvalue weighted by Gasteiger charge is 2.19. The van der Waals surface area contributed by atoms with Crippen LogP contribution in [0.5, 0.6) is 0 Å². The van der Waals surface area contributed by atoms with Gasteiger partial charge in [-0.15, -0.1) is 0 Å². The quantitative estimate of drug-likeness (QED) is 0.758. The standard InChI is InChI=1S/C13H14ClNOS/c14-9-6-7-12-11(8-9)13(16)15(17-12)10-4-2-1-3-5-10/h6-8,10H,1-5H2. The number of benzene rings is 1. The molecule has 2 aromatic rings. The second-order valence-corrected chi connectivity index (χ2v) is 6.11. The van der Waals surface area contributed by atoms with Crippen LogP contribution in [0.4, 0.5) is 0 Å². The maximum atomic E-state index is 12.3. The van der Waals surface area contributed by atoms with Gasteiger partial charge in [-0.25, -0.2) is 0 Å². The Balaban J connectivity index is 2.10. The molecule has 0 aliphatic heterocycles. The number of hydrogen-bond acceptors (Lipinski definition) is 2. The smallest absolute Gasteiger partial charge is 0.268 e. The first-order valence-electron chi connectivity index (χ1n) is 6.07. The van der Waals surface area contributed by atoms with Crippen LogP contribution in [0.25, 0.3) is 10.1 Å². The van der Waals surface area contributed by atoms with Gasteiger partial charge in [-0.1, -0.05) is 42.4 Å². The number of hydrogen-bond donors (Lipinski definition) is 0. The molecule has 1 aromatic heterocycles. The summed E-state index contributed by atoms with van der Waals surface area (Å²) in [5.41, 5.74) is 0.138. The minimum atomic E-state index is 0.138. The van der Waals surface area contributed by atoms with Crippen LogP contribution < -0.4 is 5.56 Å². The maximum absolute atomic E-state index is 12.3. The van der Waals surface area contributed by atoms with Crippen molar-refractivity contribution < 1.29 is 0 Å². The Morgan fingerprint density at radius 2 is 2.00 bits per heavy atom. The Morgan fingerprint density at radius 1 is 1.24 bits per heavy atom. The summed E-state index contributed by atoms with van der Waals surface area (Å²) in [4.78, 5) is 12.3. The zero-order valence-corrected chi connectivity index (χ0v) is 11.1. The maximum Gasteiger partial charge on any atom is 0.268 e. The van der Waals surface area contributed by atoms with Crippen molar-refractivity contribution in [3.63, 3.8) is 0 Å². The molecule has 90 valence electrons. The summed E-state index contributed by atoms with van der Waals surface area (Å²) in [5, 5.41) is 1.41. The van der Waals surface area contributed by atoms with Gasteiger partial charge in [0.2, 0.25) is 0 Å². The van der Waals surface area contributed by atoms with Crippen LogP contribution in [0.1, 0.15) is 38.1 Å². The fourth-order valence-electron chi connectivity index (χ4n) is 2.57. The molecular weight excluding hydrogens is 254 g/mol. The first-order chi connectivity index (χ1) is 8.25. The summed E-state index contributed by atoms with van der Waals surface area (Å²) in [6.45, 7) is 0. The molecule has 0 amide bonds. The van der Waals surface area contributed by atoms with Gasteiger partial charge in [0.15, 0.2) is 0 Å². The van der Waals surface area contributed by atoms with Crippen molar-refractivity contribution in [2.24, 2.45) is 0 Å². The van der Waals surface area contributed by atoms with Crippen molar-refractivity contribution in [2.75, 3.05) is 0 Å². The minimum absolute atomic E-state index is 0.138. The first kappa shape index (κ1) is 11.3. The van der Waals surface area contributed by atoms with Crippen molar-refractivity contribution >= 4 is 33.2 Å². The molecule has 1 saturated carbocycles. The van der Waals surface area contributed by atoms with Gasteiger partial charge in [0.05, 0.1) is 10.1 Å². The summed E-state index contributed by atoms with van der Waals surface area (Å²) in [5.74, 6) is 0. The summed E-state index contributed by atoms with van der Waals surface area (Å²) in [6, 6.07) is 6.00. The Hall–Kier alpha value is -0.800. The first-order valence-corrected chi connectivity index (χ1v) is 7.22. The molecule has 3 rings (SSSR count). The zero-order chi connectivity index (χ0) is 11.8. The van der Waals surface area contributed by atoms with E-state index < -0.39 is 0 Å². The van der Waals surface area contributed by atoms with Gasteiger partial charge >= 0.3 is 0 Å². The molecule has 0 N–H and O–H groups in total. The number of nitrogens with zero attached hydrogens (tertiary/aromatic N) is 1. The summed E-state index contributed by atoms with van der Waals surface area (Å²) < 4.78 is 3.00. The van der Waals surface area contributed by atoms with Crippen molar-refractivity contribution in [1.82, 2.24) is 3.96 Å². The van der Waals surface area contributed by atoms with E-state index in [-0.39, 0.29) is 5.56 Å². The summed E-state index contributed by atoms with van der Waals surface area (Å²) >= 11 is 7.53. The predicted octanol–water partition coefficient (Wildman–Crippen LogP) is 4.22. The minimum Gasteiger partial charge on any atom is -0.268 e. The number of rotatable bonds is 1. The third kappa shape index (κ3) is 2.02. The zero-order valence-electron chi connectivity index (χ0n) is 9.49. The highest BCUT2D eigenvalue weighted by molar-refractivity contribution is 7.13. The molecule has 0 atom stereocenters. The van der Waals surface area contributed by atoms with Crippen molar-refractivity contribution in [3.05, 3.63) is 33.6 Å². The lowest BCUT2D eigenvalue weighted by atomic mass is 9.96. The van der Waals surface area contributed by atoms with E-state index in [4.69, 9.17) is 11.6 Å². The van der Waals surface area contributed by atoms with Crippen LogP contribution >= 0.6 is 23.1 Å². The molecule has 0 bridgehead atoms. The molecule has 0 unspecified atom stereocenters. The number of fused-ring (bicyclic) bond motifs is 1. The van der Waals surface area contributed by atoms with Gasteiger partial charge < -0.3 is 0 Å². The van der Waals surface area contributed by atoms with E-state index in [0.29, 0.717) is 11.1 Å². The second-order valence-electron chi connectivity index (χ2n) is 4.65. The Kier molecular flexibility index (Phi) is 2.97. The van der Waals surface area contributed by atoms with Gasteiger partial charge in [-0.2, -0.15) is 0 Å². The molecule has 1 fully saturated rings. The van der Waals surface area contributed by atoms with E-state index >= 15 is 0 Å². The molecule has 1 heterocycles. The van der Waals surface area contributed by atoms with Crippen LogP contribution in [-0.2, 0) is 0 Å². The van der Waals surface area contributed by atoms with Gasteiger partial charge in [-0.3, -0.25) is 8.75 Å². The fraction of sp³-hybridized carbons (Fsp3) is 0.462. The molecule has 2 nitrogen and oxygen atoms in total. The summed E-state index contributed by atoms with van der Waals surface area (Å²) in [7, 11) is 0. The van der Waals surface area contributed by atoms with Crippen molar-refractivity contribution in [3.8, 4) is 0 Å². The predicted molar refractivity (Wildman–Crippen MR) is 73.2 cm³/mol. The lowest BCUT2D eigenvalue weighted by Crippen LogP contribution is -2.21. The second kappa shape index (κ2) is 4.46. The monoisotopic (exact) mass is 267 g/mol. The molecule has 17 heavy (non-hydrogen) atoms. The average Bonchev–Trinajstić information content (AvgIpc) is 2.68. The third-order valence-corrected chi connectivity index (χ3v) is 4.92. The topological polar surface area (TPSA) is 22.0 Å². The largest absolute Gasteiger partial charge is 0.268 e. The van der Waals surface area contributed by atoms with Crippen LogP contribution in [0.3, 0.4) is 0 Å². The Bertz CT molecular complexity index is 595. The molecular formula is C13H14ClNOS. The number of aromatic nitrogens is 1. The van der Waals surface area contributed by atoms with Crippen LogP contribution in [0.2, 0.25) is 5.02 Å². The van der Waals surface area contributed by atoms with Crippen LogP contribution in [0.15, 0.2) is 23.0 Å². The lowest BCUT2D eigenvalue weighted by molar-refractivity contribution is 0.366. The highest BCUT2D eigenvalue weighted by atomic mass is 35.5. The van der Waals surface area contributed by atoms with E-state index in [1.807, 2.05) is 16.1 Å². The Morgan fingerprint density at radius 3 is 2.76 bits per heavy atom. The van der Waals surface area contributed by atoms with E-state index in [0.717, 1.165) is 22.9 Å². The van der Waals surface area contributed by atoms with E-state index in [1.54, 1.807) is 17.6 Å². The van der Waals surface area contributed by atoms with E-state index in [9.17, 15) is 4.79 Å². The molecule has 1 aliphatic rings. The van der Waals surface area contributed by atoms with E-state index in [1.165, 1.54) is 19.3 Å². The number of halogens is 1. The SMILES string of the molecule is O=c1c2cc(Cl)ccc2sn1C1CCCCC1. The Labute approximate surface area is 109 Å². The van der Waals surface area contributed by atoms with Gasteiger partial charge in [0.25, 0.3) is 5.56 Å². The average molecular weight is 268 g/mol. The lowest BCUT2D eigenvalue weighted by Gasteiger charge is -2.21. The van der Waals surface area contributed by atoms with Crippen molar-refractivity contribution in [2.45, 2.75) is 38.1 Å². The van der Waals surface area contributed by atoms with Crippen LogP contribution in [-0.4, -0.2) is 3.96 Å². The van der Waals surface area contributed by atoms with Gasteiger partial charge in [0, 0.05) is 11.1 Å². The van der Waals surface area contributed by atoms with Gasteiger partial charge in [0.1, 0.15) is 0 Å². The fourth-order valence-corrected chi connectivity index (χ4v) is 3.87. The molecule has 0 spiro atoms. The van der Waals surface area contributed by atoms with Crippen LogP contribution in [0, 0.1) is 0 Å². The van der Waals surface area contributed by atoms with E-state index in [2.05, 4.69) is 0 Å². The molecule has 1 aromatic carbocycles. The highest BCUT2D eigenvalue weighted by Crippen LogP contribution is 2.31. The van der Waals surface area contributed by atoms with Crippen molar-refractivity contribution in [1.29, 1.82) is 0 Å². The van der Waals surface area contributed by atoms with Gasteiger partial charge in [-0.05, 0) is 31.0 Å². The summed E-state index contributed by atoms with van der Waals surface area (Å²) in [6.07, 6.45) is 6.07. The molecule has 4 heteroatoms. The third-order valence-electron chi connectivity index (χ3n) is 3.48.